The summed E-state index contributed by atoms with van der Waals surface area (Å²) < 4.78 is 5.14. The largest absolute Gasteiger partial charge is 0.497 e. The van der Waals surface area contributed by atoms with Gasteiger partial charge in [0.15, 0.2) is 11.6 Å². The van der Waals surface area contributed by atoms with Crippen molar-refractivity contribution in [1.82, 2.24) is 9.88 Å². The first-order valence-electron chi connectivity index (χ1n) is 9.04. The summed E-state index contributed by atoms with van der Waals surface area (Å²) in [5.74, 6) is 0.168. The zero-order valence-corrected chi connectivity index (χ0v) is 17.2. The minimum Gasteiger partial charge on any atom is -0.497 e. The number of nitrogens with zero attached hydrogens (tertiary/aromatic N) is 1. The zero-order valence-electron chi connectivity index (χ0n) is 17.2. The van der Waals surface area contributed by atoms with Gasteiger partial charge in [-0.05, 0) is 52.4 Å². The number of H-pyrrole nitrogens is 1. The molecule has 1 atom stereocenters. The molecule has 1 aromatic heterocycles. The lowest BCUT2D eigenvalue weighted by Gasteiger charge is -2.23. The van der Waals surface area contributed by atoms with E-state index >= 15 is 0 Å². The third kappa shape index (κ3) is 4.67. The number of hydrogen-bond donors (Lipinski definition) is 2. The third-order valence-corrected chi connectivity index (χ3v) is 4.82. The lowest BCUT2D eigenvalue weighted by atomic mass is 10.0. The molecule has 2 rings (SSSR count). The van der Waals surface area contributed by atoms with Crippen LogP contribution in [0, 0.1) is 13.8 Å². The summed E-state index contributed by atoms with van der Waals surface area (Å²) in [6.45, 7) is 6.80. The molecule has 0 aliphatic carbocycles. The van der Waals surface area contributed by atoms with E-state index in [4.69, 9.17) is 4.74 Å². The molecule has 7 heteroatoms. The van der Waals surface area contributed by atoms with Crippen LogP contribution < -0.4 is 10.1 Å². The van der Waals surface area contributed by atoms with Crippen molar-refractivity contribution in [3.8, 4) is 5.75 Å². The van der Waals surface area contributed by atoms with E-state index in [1.54, 1.807) is 64.1 Å². The predicted molar refractivity (Wildman–Crippen MR) is 108 cm³/mol. The summed E-state index contributed by atoms with van der Waals surface area (Å²) in [5.41, 5.74) is 2.91. The number of methoxy groups -OCH3 is 1. The lowest BCUT2D eigenvalue weighted by molar-refractivity contribution is -0.117. The molecule has 2 aromatic rings. The number of aromatic nitrogens is 1. The first-order chi connectivity index (χ1) is 13.1. The molecule has 28 heavy (non-hydrogen) atoms. The van der Waals surface area contributed by atoms with Gasteiger partial charge in [-0.15, -0.1) is 0 Å². The quantitative estimate of drug-likeness (QED) is 0.682. The minimum atomic E-state index is -0.535. The van der Waals surface area contributed by atoms with Gasteiger partial charge in [-0.25, -0.2) is 0 Å². The molecule has 0 radical (unpaired) electrons. The molecule has 0 unspecified atom stereocenters. The number of Topliss-reactive ketones (excluding diaryl/α,β-unsaturated/α-hetero) is 2. The molecule has 0 bridgehead atoms. The molecule has 0 saturated heterocycles. The molecule has 0 saturated carbocycles. The fourth-order valence-corrected chi connectivity index (χ4v) is 3.20. The first kappa shape index (κ1) is 21.4. The summed E-state index contributed by atoms with van der Waals surface area (Å²) in [6, 6.07) is 6.53. The van der Waals surface area contributed by atoms with E-state index in [0.29, 0.717) is 34.0 Å². The number of nitrogens with one attached hydrogen (secondary N) is 2. The number of ketones is 2. The number of benzene rings is 1. The highest BCUT2D eigenvalue weighted by Crippen LogP contribution is 2.21. The van der Waals surface area contributed by atoms with Crippen LogP contribution in [0.3, 0.4) is 0 Å². The average molecular weight is 385 g/mol. The molecule has 1 aromatic carbocycles. The molecule has 0 fully saturated rings. The molecule has 2 N–H and O–H groups in total. The number of aromatic amines is 1. The number of likely N-dealkylation sites (N-methyl/N-ethyl adjacent to an activating group) is 1. The number of ether oxygens (including phenoxy) is 1. The van der Waals surface area contributed by atoms with Gasteiger partial charge in [0.05, 0.1) is 25.4 Å². The number of carbonyl (C=O) groups excluding carboxylic acids is 3. The Labute approximate surface area is 165 Å². The van der Waals surface area contributed by atoms with E-state index in [9.17, 15) is 14.4 Å². The average Bonchev–Trinajstić information content (AvgIpc) is 2.94. The van der Waals surface area contributed by atoms with Crippen molar-refractivity contribution in [2.24, 2.45) is 0 Å². The molecular formula is C21H27N3O4. The van der Waals surface area contributed by atoms with Gasteiger partial charge in [0, 0.05) is 23.0 Å². The van der Waals surface area contributed by atoms with Crippen LogP contribution in [0.4, 0.5) is 5.69 Å². The van der Waals surface area contributed by atoms with E-state index in [0.717, 1.165) is 0 Å². The van der Waals surface area contributed by atoms with Gasteiger partial charge in [-0.2, -0.15) is 0 Å². The topological polar surface area (TPSA) is 91.5 Å². The molecule has 0 spiro atoms. The van der Waals surface area contributed by atoms with Crippen LogP contribution >= 0.6 is 0 Å². The molecule has 150 valence electrons. The van der Waals surface area contributed by atoms with Crippen molar-refractivity contribution in [3.63, 3.8) is 0 Å². The van der Waals surface area contributed by atoms with E-state index < -0.39 is 6.04 Å². The van der Waals surface area contributed by atoms with Gasteiger partial charge in [0.1, 0.15) is 5.75 Å². The highest BCUT2D eigenvalue weighted by atomic mass is 16.5. The van der Waals surface area contributed by atoms with Crippen LogP contribution in [-0.4, -0.2) is 54.1 Å². The number of anilines is 1. The lowest BCUT2D eigenvalue weighted by Crippen LogP contribution is -2.41. The first-order valence-corrected chi connectivity index (χ1v) is 9.04. The van der Waals surface area contributed by atoms with E-state index in [1.165, 1.54) is 6.92 Å². The maximum atomic E-state index is 12.9. The molecule has 1 heterocycles. The van der Waals surface area contributed by atoms with Crippen LogP contribution in [0.5, 0.6) is 5.75 Å². The second-order valence-electron chi connectivity index (χ2n) is 6.92. The second-order valence-corrected chi connectivity index (χ2v) is 6.92. The summed E-state index contributed by atoms with van der Waals surface area (Å²) in [4.78, 5) is 41.7. The zero-order chi connectivity index (χ0) is 21.0. The standard InChI is InChI=1S/C21H27N3O4/c1-12-19(15(4)25)13(2)22-20(12)21(27)14(3)24(5)11-18(26)23-16-8-7-9-17(10-16)28-6/h7-10,14,22H,11H2,1-6H3,(H,23,26)/t14-/m1/s1. The van der Waals surface area contributed by atoms with Crippen molar-refractivity contribution in [2.75, 3.05) is 26.0 Å². The van der Waals surface area contributed by atoms with Crippen LogP contribution in [0.1, 0.15) is 46.0 Å². The molecule has 1 amide bonds. The summed E-state index contributed by atoms with van der Waals surface area (Å²) >= 11 is 0. The third-order valence-electron chi connectivity index (χ3n) is 4.82. The van der Waals surface area contributed by atoms with Crippen molar-refractivity contribution in [3.05, 3.63) is 46.8 Å². The van der Waals surface area contributed by atoms with Gasteiger partial charge in [0.2, 0.25) is 5.91 Å². The van der Waals surface area contributed by atoms with Crippen LogP contribution in [0.25, 0.3) is 0 Å². The van der Waals surface area contributed by atoms with Crippen molar-refractivity contribution < 1.29 is 19.1 Å². The summed E-state index contributed by atoms with van der Waals surface area (Å²) in [6.07, 6.45) is 0. The number of rotatable bonds is 8. The van der Waals surface area contributed by atoms with E-state index in [2.05, 4.69) is 10.3 Å². The van der Waals surface area contributed by atoms with Crippen molar-refractivity contribution >= 4 is 23.2 Å². The maximum absolute atomic E-state index is 12.9. The molecule has 0 aliphatic rings. The van der Waals surface area contributed by atoms with Crippen molar-refractivity contribution in [2.45, 2.75) is 33.7 Å². The number of amides is 1. The van der Waals surface area contributed by atoms with Crippen LogP contribution in [0.15, 0.2) is 24.3 Å². The molecular weight excluding hydrogens is 358 g/mol. The maximum Gasteiger partial charge on any atom is 0.238 e. The Kier molecular flexibility index (Phi) is 6.75. The number of carbonyl (C=O) groups is 3. The van der Waals surface area contributed by atoms with E-state index in [1.807, 2.05) is 0 Å². The Bertz CT molecular complexity index is 901. The van der Waals surface area contributed by atoms with E-state index in [-0.39, 0.29) is 24.0 Å². The SMILES string of the molecule is COc1cccc(NC(=O)CN(C)[C@H](C)C(=O)c2[nH]c(C)c(C(C)=O)c2C)c1. The summed E-state index contributed by atoms with van der Waals surface area (Å²) in [5, 5.41) is 2.80. The Morgan fingerprint density at radius 1 is 1.25 bits per heavy atom. The Hall–Kier alpha value is -2.93. The Morgan fingerprint density at radius 3 is 2.50 bits per heavy atom. The van der Waals surface area contributed by atoms with Gasteiger partial charge in [0.25, 0.3) is 0 Å². The van der Waals surface area contributed by atoms with Crippen molar-refractivity contribution in [1.29, 1.82) is 0 Å². The van der Waals surface area contributed by atoms with Gasteiger partial charge >= 0.3 is 0 Å². The van der Waals surface area contributed by atoms with Gasteiger partial charge < -0.3 is 15.0 Å². The fraction of sp³-hybridized carbons (Fsp3) is 0.381. The van der Waals surface area contributed by atoms with Crippen LogP contribution in [0.2, 0.25) is 0 Å². The minimum absolute atomic E-state index is 0.0441. The predicted octanol–water partition coefficient (Wildman–Crippen LogP) is 2.98. The number of aryl methyl sites for hydroxylation is 1. The van der Waals surface area contributed by atoms with Gasteiger partial charge in [-0.3, -0.25) is 19.3 Å². The highest BCUT2D eigenvalue weighted by Gasteiger charge is 2.26. The molecule has 7 nitrogen and oxygen atoms in total. The monoisotopic (exact) mass is 385 g/mol. The molecule has 0 aliphatic heterocycles. The Morgan fingerprint density at radius 2 is 1.93 bits per heavy atom. The normalized spacial score (nSPS) is 12.0. The Balaban J connectivity index is 2.06. The second kappa shape index (κ2) is 8.84. The van der Waals surface area contributed by atoms with Gasteiger partial charge in [-0.1, -0.05) is 6.07 Å². The van der Waals surface area contributed by atoms with Crippen LogP contribution in [-0.2, 0) is 4.79 Å². The smallest absolute Gasteiger partial charge is 0.238 e. The summed E-state index contributed by atoms with van der Waals surface area (Å²) in [7, 11) is 3.27. The number of hydrogen-bond acceptors (Lipinski definition) is 5. The fourth-order valence-electron chi connectivity index (χ4n) is 3.20. The highest BCUT2D eigenvalue weighted by molar-refractivity contribution is 6.05.